The molecular weight excluding hydrogens is 596 g/mol. The number of nitrogens with one attached hydrogen (secondary N) is 1. The average molecular weight is 643 g/mol. The van der Waals surface area contributed by atoms with Gasteiger partial charge in [0.1, 0.15) is 12.5 Å². The predicted octanol–water partition coefficient (Wildman–Crippen LogP) is 5.98. The number of anilines is 2. The molecule has 1 unspecified atom stereocenters. The van der Waals surface area contributed by atoms with Gasteiger partial charge in [0.15, 0.2) is 0 Å². The lowest BCUT2D eigenvalue weighted by molar-refractivity contribution is -0.133. The standard InChI is InChI=1S/C37H46N4O4S/c1-37(2)26-35(42)41(27-45-36(43)38-17-15-28-9-4-3-5-10-28)33-25-29(13-14-31(33)37)44-23-7-6-18-39-19-21-40(22-20-39)32-11-8-12-34-30(32)16-24-46-34/h3-5,8-14,16,24-25,36,38,43H,6-7,15,17-23,26-27H2,1-2H3. The first-order chi connectivity index (χ1) is 22.4. The molecule has 0 aliphatic carbocycles. The van der Waals surface area contributed by atoms with Crippen molar-refractivity contribution in [1.29, 1.82) is 0 Å². The summed E-state index contributed by atoms with van der Waals surface area (Å²) in [5, 5.41) is 16.9. The number of piperazine rings is 1. The Balaban J connectivity index is 0.954. The Morgan fingerprint density at radius 3 is 2.61 bits per heavy atom. The second-order valence-electron chi connectivity index (χ2n) is 12.9. The molecule has 1 saturated heterocycles. The molecule has 0 bridgehead atoms. The van der Waals surface area contributed by atoms with Crippen LogP contribution in [0.4, 0.5) is 11.4 Å². The number of ether oxygens (including phenoxy) is 2. The summed E-state index contributed by atoms with van der Waals surface area (Å²) in [5.74, 6) is 0.713. The van der Waals surface area contributed by atoms with Crippen LogP contribution < -0.4 is 19.9 Å². The normalized spacial score (nSPS) is 17.3. The molecule has 9 heteroatoms. The molecule has 0 spiro atoms. The lowest BCUT2D eigenvalue weighted by Gasteiger charge is -2.38. The van der Waals surface area contributed by atoms with E-state index in [2.05, 4.69) is 76.8 Å². The number of unbranched alkanes of at least 4 members (excludes halogenated alkanes) is 1. The molecule has 46 heavy (non-hydrogen) atoms. The van der Waals surface area contributed by atoms with E-state index < -0.39 is 6.41 Å². The number of rotatable bonds is 14. The van der Waals surface area contributed by atoms with Gasteiger partial charge < -0.3 is 19.5 Å². The summed E-state index contributed by atoms with van der Waals surface area (Å²) < 4.78 is 13.2. The fourth-order valence-corrected chi connectivity index (χ4v) is 7.33. The summed E-state index contributed by atoms with van der Waals surface area (Å²) in [6.07, 6.45) is 2.01. The van der Waals surface area contributed by atoms with Gasteiger partial charge in [-0.1, -0.05) is 56.3 Å². The van der Waals surface area contributed by atoms with E-state index in [0.29, 0.717) is 19.6 Å². The zero-order valence-corrected chi connectivity index (χ0v) is 27.8. The Morgan fingerprint density at radius 1 is 0.957 bits per heavy atom. The van der Waals surface area contributed by atoms with Crippen LogP contribution in [0.1, 0.15) is 44.2 Å². The molecule has 3 aromatic carbocycles. The van der Waals surface area contributed by atoms with E-state index in [1.54, 1.807) is 4.90 Å². The van der Waals surface area contributed by atoms with Crippen molar-refractivity contribution in [2.75, 3.05) is 62.4 Å². The van der Waals surface area contributed by atoms with E-state index in [0.717, 1.165) is 69.0 Å². The maximum Gasteiger partial charge on any atom is 0.229 e. The molecule has 1 amide bonds. The molecule has 2 N–H and O–H groups in total. The average Bonchev–Trinajstić information content (AvgIpc) is 3.54. The van der Waals surface area contributed by atoms with Gasteiger partial charge >= 0.3 is 0 Å². The van der Waals surface area contributed by atoms with Crippen LogP contribution in [-0.2, 0) is 21.4 Å². The second-order valence-corrected chi connectivity index (χ2v) is 13.8. The van der Waals surface area contributed by atoms with Gasteiger partial charge in [0, 0.05) is 66.4 Å². The molecule has 244 valence electrons. The summed E-state index contributed by atoms with van der Waals surface area (Å²) in [6, 6.07) is 25.0. The molecule has 8 nitrogen and oxygen atoms in total. The first-order valence-electron chi connectivity index (χ1n) is 16.5. The first-order valence-corrected chi connectivity index (χ1v) is 17.3. The van der Waals surface area contributed by atoms with Gasteiger partial charge in [-0.15, -0.1) is 11.3 Å². The zero-order chi connectivity index (χ0) is 31.9. The number of aliphatic hydroxyl groups excluding tert-OH is 1. The van der Waals surface area contributed by atoms with Crippen LogP contribution in [0, 0.1) is 0 Å². The van der Waals surface area contributed by atoms with E-state index in [4.69, 9.17) is 9.47 Å². The number of nitrogens with zero attached hydrogens (tertiary/aromatic N) is 3. The van der Waals surface area contributed by atoms with Gasteiger partial charge in [-0.25, -0.2) is 0 Å². The van der Waals surface area contributed by atoms with E-state index in [-0.39, 0.29) is 18.1 Å². The molecule has 0 saturated carbocycles. The first kappa shape index (κ1) is 32.5. The molecule has 1 atom stereocenters. The van der Waals surface area contributed by atoms with Crippen molar-refractivity contribution in [1.82, 2.24) is 10.2 Å². The molecule has 4 aromatic rings. The van der Waals surface area contributed by atoms with Crippen molar-refractivity contribution in [3.8, 4) is 5.75 Å². The number of carbonyl (C=O) groups excluding carboxylic acids is 1. The maximum atomic E-state index is 13.2. The number of hydrogen-bond acceptors (Lipinski definition) is 8. The zero-order valence-electron chi connectivity index (χ0n) is 27.0. The van der Waals surface area contributed by atoms with Crippen LogP contribution in [0.15, 0.2) is 78.2 Å². The van der Waals surface area contributed by atoms with Gasteiger partial charge in [-0.3, -0.25) is 19.9 Å². The topological polar surface area (TPSA) is 77.5 Å². The fourth-order valence-electron chi connectivity index (χ4n) is 6.52. The quantitative estimate of drug-likeness (QED) is 0.130. The van der Waals surface area contributed by atoms with Crippen LogP contribution in [0.2, 0.25) is 0 Å². The molecule has 1 aromatic heterocycles. The Kier molecular flexibility index (Phi) is 10.6. The highest BCUT2D eigenvalue weighted by atomic mass is 32.1. The van der Waals surface area contributed by atoms with Crippen molar-refractivity contribution in [2.24, 2.45) is 0 Å². The summed E-state index contributed by atoms with van der Waals surface area (Å²) in [6.45, 7) is 10.6. The third kappa shape index (κ3) is 7.90. The van der Waals surface area contributed by atoms with Gasteiger partial charge in [0.25, 0.3) is 0 Å². The summed E-state index contributed by atoms with van der Waals surface area (Å²) in [7, 11) is 0. The number of aliphatic hydroxyl groups is 1. The number of carbonyl (C=O) groups is 1. The van der Waals surface area contributed by atoms with Gasteiger partial charge in [-0.05, 0) is 66.6 Å². The number of fused-ring (bicyclic) bond motifs is 2. The molecule has 3 heterocycles. The maximum absolute atomic E-state index is 13.2. The Labute approximate surface area is 276 Å². The fraction of sp³-hybridized carbons (Fsp3) is 0.432. The van der Waals surface area contributed by atoms with Gasteiger partial charge in [0.2, 0.25) is 12.3 Å². The molecule has 1 fully saturated rings. The van der Waals surface area contributed by atoms with Crippen LogP contribution in [0.5, 0.6) is 5.75 Å². The minimum Gasteiger partial charge on any atom is -0.494 e. The number of thiophene rings is 1. The van der Waals surface area contributed by atoms with Crippen molar-refractivity contribution < 1.29 is 19.4 Å². The number of amides is 1. The third-order valence-corrected chi connectivity index (χ3v) is 10.0. The van der Waals surface area contributed by atoms with E-state index >= 15 is 0 Å². The van der Waals surface area contributed by atoms with Crippen molar-refractivity contribution in [3.05, 3.63) is 89.3 Å². The molecule has 0 radical (unpaired) electrons. The second kappa shape index (κ2) is 15.0. The van der Waals surface area contributed by atoms with E-state index in [1.807, 2.05) is 41.7 Å². The Bertz CT molecular complexity index is 1580. The Hall–Kier alpha value is -3.47. The van der Waals surface area contributed by atoms with Crippen LogP contribution in [-0.4, -0.2) is 74.9 Å². The minimum atomic E-state index is -1.17. The molecule has 2 aliphatic rings. The van der Waals surface area contributed by atoms with Crippen molar-refractivity contribution in [2.45, 2.75) is 51.4 Å². The van der Waals surface area contributed by atoms with Gasteiger partial charge in [-0.2, -0.15) is 0 Å². The van der Waals surface area contributed by atoms with Crippen molar-refractivity contribution in [3.63, 3.8) is 0 Å². The summed E-state index contributed by atoms with van der Waals surface area (Å²) in [5.41, 5.74) is 4.10. The SMILES string of the molecule is CC1(C)CC(=O)N(COC(O)NCCc2ccccc2)c2cc(OCCCCN3CCN(c4cccc5sccc45)CC3)ccc21. The number of benzene rings is 3. The van der Waals surface area contributed by atoms with E-state index in [9.17, 15) is 9.90 Å². The lowest BCUT2D eigenvalue weighted by Crippen LogP contribution is -2.46. The van der Waals surface area contributed by atoms with E-state index in [1.165, 1.54) is 21.3 Å². The summed E-state index contributed by atoms with van der Waals surface area (Å²) >= 11 is 1.81. The lowest BCUT2D eigenvalue weighted by atomic mass is 9.77. The molecule has 2 aliphatic heterocycles. The van der Waals surface area contributed by atoms with Crippen LogP contribution in [0.3, 0.4) is 0 Å². The highest BCUT2D eigenvalue weighted by Crippen LogP contribution is 2.42. The predicted molar refractivity (Wildman–Crippen MR) is 187 cm³/mol. The highest BCUT2D eigenvalue weighted by molar-refractivity contribution is 7.17. The monoisotopic (exact) mass is 642 g/mol. The highest BCUT2D eigenvalue weighted by Gasteiger charge is 2.37. The number of hydrogen-bond donors (Lipinski definition) is 2. The molecule has 6 rings (SSSR count). The van der Waals surface area contributed by atoms with Gasteiger partial charge in [0.05, 0.1) is 12.3 Å². The van der Waals surface area contributed by atoms with Crippen LogP contribution in [0.25, 0.3) is 10.1 Å². The molecular formula is C37H46N4O4S. The van der Waals surface area contributed by atoms with Crippen molar-refractivity contribution >= 4 is 38.7 Å². The third-order valence-electron chi connectivity index (χ3n) is 9.14. The smallest absolute Gasteiger partial charge is 0.229 e. The Morgan fingerprint density at radius 2 is 1.78 bits per heavy atom. The summed E-state index contributed by atoms with van der Waals surface area (Å²) in [4.78, 5) is 19.9. The largest absolute Gasteiger partial charge is 0.494 e. The minimum absolute atomic E-state index is 0.0294. The van der Waals surface area contributed by atoms with Crippen LogP contribution >= 0.6 is 11.3 Å².